The predicted octanol–water partition coefficient (Wildman–Crippen LogP) is 3.62. The molecule has 0 unspecified atom stereocenters. The lowest BCUT2D eigenvalue weighted by Gasteiger charge is -2.33. The van der Waals surface area contributed by atoms with Crippen LogP contribution in [0.2, 0.25) is 5.02 Å². The number of amides is 2. The van der Waals surface area contributed by atoms with E-state index in [0.29, 0.717) is 35.2 Å². The molecule has 9 heteroatoms. The van der Waals surface area contributed by atoms with Crippen LogP contribution < -0.4 is 10.0 Å². The summed E-state index contributed by atoms with van der Waals surface area (Å²) in [5, 5.41) is 5.31. The Morgan fingerprint density at radius 1 is 1.22 bits per heavy atom. The number of sulfonamides is 1. The third kappa shape index (κ3) is 5.01. The minimum Gasteiger partial charge on any atom is -0.331 e. The standard InChI is InChI=1S/C18H22ClN3O3S2/c1-13(15-5-2-3-6-16(15)19)20-18(23)22-10-8-14(9-11-22)21-27(24,25)17-7-4-12-26-17/h2-7,12-14,21H,8-11H2,1H3,(H,20,23)/t13-/m0/s1. The largest absolute Gasteiger partial charge is 0.331 e. The van der Waals surface area contributed by atoms with Crippen molar-refractivity contribution < 1.29 is 13.2 Å². The van der Waals surface area contributed by atoms with Crippen molar-refractivity contribution >= 4 is 39.0 Å². The first-order valence-corrected chi connectivity index (χ1v) is 11.5. The topological polar surface area (TPSA) is 78.5 Å². The molecule has 0 spiro atoms. The lowest BCUT2D eigenvalue weighted by Crippen LogP contribution is -2.49. The van der Waals surface area contributed by atoms with E-state index >= 15 is 0 Å². The van der Waals surface area contributed by atoms with Crippen LogP contribution >= 0.6 is 22.9 Å². The monoisotopic (exact) mass is 427 g/mol. The van der Waals surface area contributed by atoms with Gasteiger partial charge in [0.2, 0.25) is 10.0 Å². The SMILES string of the molecule is C[C@H](NC(=O)N1CCC(NS(=O)(=O)c2cccs2)CC1)c1ccccc1Cl. The molecule has 1 fully saturated rings. The Balaban J connectivity index is 1.51. The fourth-order valence-electron chi connectivity index (χ4n) is 3.07. The van der Waals surface area contributed by atoms with Crippen molar-refractivity contribution in [3.8, 4) is 0 Å². The molecule has 0 radical (unpaired) electrons. The number of rotatable bonds is 5. The van der Waals surface area contributed by atoms with Crippen LogP contribution in [0, 0.1) is 0 Å². The van der Waals surface area contributed by atoms with Crippen LogP contribution in [0.25, 0.3) is 0 Å². The van der Waals surface area contributed by atoms with Gasteiger partial charge in [-0.25, -0.2) is 17.9 Å². The van der Waals surface area contributed by atoms with Crippen LogP contribution in [0.1, 0.15) is 31.4 Å². The summed E-state index contributed by atoms with van der Waals surface area (Å²) in [5.74, 6) is 0. The molecule has 1 aromatic heterocycles. The van der Waals surface area contributed by atoms with Crippen molar-refractivity contribution in [3.63, 3.8) is 0 Å². The van der Waals surface area contributed by atoms with Crippen LogP contribution in [0.5, 0.6) is 0 Å². The van der Waals surface area contributed by atoms with E-state index in [9.17, 15) is 13.2 Å². The van der Waals surface area contributed by atoms with Gasteiger partial charge in [0.1, 0.15) is 4.21 Å². The number of nitrogens with one attached hydrogen (secondary N) is 2. The van der Waals surface area contributed by atoms with Gasteiger partial charge in [0.15, 0.2) is 0 Å². The molecule has 2 heterocycles. The smallest absolute Gasteiger partial charge is 0.317 e. The summed E-state index contributed by atoms with van der Waals surface area (Å²) in [5.41, 5.74) is 0.867. The molecule has 1 aromatic carbocycles. The van der Waals surface area contributed by atoms with Gasteiger partial charge in [-0.2, -0.15) is 0 Å². The van der Waals surface area contributed by atoms with Gasteiger partial charge in [-0.15, -0.1) is 11.3 Å². The second-order valence-corrected chi connectivity index (χ2v) is 9.80. The summed E-state index contributed by atoms with van der Waals surface area (Å²) < 4.78 is 27.7. The lowest BCUT2D eigenvalue weighted by molar-refractivity contribution is 0.177. The number of hydrogen-bond acceptors (Lipinski definition) is 4. The van der Waals surface area contributed by atoms with Crippen LogP contribution in [0.3, 0.4) is 0 Å². The Hall–Kier alpha value is -1.61. The summed E-state index contributed by atoms with van der Waals surface area (Å²) >= 11 is 7.38. The molecule has 1 aliphatic rings. The normalized spacial score (nSPS) is 16.9. The van der Waals surface area contributed by atoms with Gasteiger partial charge in [-0.3, -0.25) is 0 Å². The van der Waals surface area contributed by atoms with Gasteiger partial charge in [-0.1, -0.05) is 35.9 Å². The van der Waals surface area contributed by atoms with E-state index in [1.165, 1.54) is 11.3 Å². The zero-order valence-corrected chi connectivity index (χ0v) is 17.3. The van der Waals surface area contributed by atoms with Crippen molar-refractivity contribution in [2.24, 2.45) is 0 Å². The highest BCUT2D eigenvalue weighted by Gasteiger charge is 2.27. The molecular weight excluding hydrogens is 406 g/mol. The molecule has 2 amide bonds. The van der Waals surface area contributed by atoms with Crippen molar-refractivity contribution in [2.45, 2.75) is 36.1 Å². The quantitative estimate of drug-likeness (QED) is 0.764. The maximum atomic E-state index is 12.5. The number of hydrogen-bond donors (Lipinski definition) is 2. The minimum atomic E-state index is -3.48. The number of likely N-dealkylation sites (tertiary alicyclic amines) is 1. The first-order chi connectivity index (χ1) is 12.9. The average molecular weight is 428 g/mol. The Labute approximate surface area is 168 Å². The van der Waals surface area contributed by atoms with E-state index in [0.717, 1.165) is 5.56 Å². The van der Waals surface area contributed by atoms with Gasteiger partial charge >= 0.3 is 6.03 Å². The highest BCUT2D eigenvalue weighted by atomic mass is 35.5. The molecule has 0 aliphatic carbocycles. The number of benzene rings is 1. The van der Waals surface area contributed by atoms with Crippen LogP contribution in [0.4, 0.5) is 4.79 Å². The van der Waals surface area contributed by atoms with E-state index < -0.39 is 10.0 Å². The molecular formula is C18H22ClN3O3S2. The summed E-state index contributed by atoms with van der Waals surface area (Å²) in [6, 6.07) is 10.2. The molecule has 6 nitrogen and oxygen atoms in total. The van der Waals surface area contributed by atoms with Crippen LogP contribution in [0.15, 0.2) is 46.0 Å². The lowest BCUT2D eigenvalue weighted by atomic mass is 10.1. The number of halogens is 1. The number of piperidine rings is 1. The van der Waals surface area contributed by atoms with Gasteiger partial charge in [0.25, 0.3) is 0 Å². The van der Waals surface area contributed by atoms with Crippen molar-refractivity contribution in [1.82, 2.24) is 14.9 Å². The molecule has 27 heavy (non-hydrogen) atoms. The molecule has 2 aromatic rings. The Bertz CT molecular complexity index is 879. The molecule has 2 N–H and O–H groups in total. The van der Waals surface area contributed by atoms with Crippen molar-refractivity contribution in [1.29, 1.82) is 0 Å². The number of carbonyl (C=O) groups excluding carboxylic acids is 1. The summed E-state index contributed by atoms with van der Waals surface area (Å²) in [6.45, 7) is 2.89. The summed E-state index contributed by atoms with van der Waals surface area (Å²) in [6.07, 6.45) is 1.16. The molecule has 0 saturated carbocycles. The second kappa shape index (κ2) is 8.60. The Morgan fingerprint density at radius 3 is 2.56 bits per heavy atom. The number of nitrogens with zero attached hydrogens (tertiary/aromatic N) is 1. The Kier molecular flexibility index (Phi) is 6.41. The van der Waals surface area contributed by atoms with E-state index in [4.69, 9.17) is 11.6 Å². The third-order valence-electron chi connectivity index (χ3n) is 4.58. The predicted molar refractivity (Wildman–Crippen MR) is 108 cm³/mol. The molecule has 146 valence electrons. The fraction of sp³-hybridized carbons (Fsp3) is 0.389. The average Bonchev–Trinajstić information content (AvgIpc) is 3.18. The van der Waals surface area contributed by atoms with Gasteiger partial charge in [-0.05, 0) is 42.8 Å². The molecule has 1 saturated heterocycles. The maximum Gasteiger partial charge on any atom is 0.317 e. The number of carbonyl (C=O) groups is 1. The first-order valence-electron chi connectivity index (χ1n) is 8.72. The first kappa shape index (κ1) is 20.1. The van der Waals surface area contributed by atoms with Gasteiger partial charge < -0.3 is 10.2 Å². The maximum absolute atomic E-state index is 12.5. The molecule has 3 rings (SSSR count). The van der Waals surface area contributed by atoms with Crippen LogP contribution in [-0.4, -0.2) is 38.5 Å². The molecule has 1 atom stereocenters. The Morgan fingerprint density at radius 2 is 1.93 bits per heavy atom. The van der Waals surface area contributed by atoms with E-state index in [1.807, 2.05) is 25.1 Å². The molecule has 0 bridgehead atoms. The zero-order chi connectivity index (χ0) is 19.4. The summed E-state index contributed by atoms with van der Waals surface area (Å²) in [4.78, 5) is 14.2. The highest BCUT2D eigenvalue weighted by molar-refractivity contribution is 7.91. The zero-order valence-electron chi connectivity index (χ0n) is 14.9. The van der Waals surface area contributed by atoms with Crippen LogP contribution in [-0.2, 0) is 10.0 Å². The fourth-order valence-corrected chi connectivity index (χ4v) is 5.69. The minimum absolute atomic E-state index is 0.165. The van der Waals surface area contributed by atoms with Crippen molar-refractivity contribution in [2.75, 3.05) is 13.1 Å². The van der Waals surface area contributed by atoms with E-state index in [1.54, 1.807) is 28.5 Å². The highest BCUT2D eigenvalue weighted by Crippen LogP contribution is 2.23. The van der Waals surface area contributed by atoms with Gasteiger partial charge in [0.05, 0.1) is 6.04 Å². The van der Waals surface area contributed by atoms with E-state index in [2.05, 4.69) is 10.0 Å². The summed E-state index contributed by atoms with van der Waals surface area (Å²) in [7, 11) is -3.48. The van der Waals surface area contributed by atoms with Crippen molar-refractivity contribution in [3.05, 3.63) is 52.4 Å². The third-order valence-corrected chi connectivity index (χ3v) is 7.84. The van der Waals surface area contributed by atoms with E-state index in [-0.39, 0.29) is 18.1 Å². The second-order valence-electron chi connectivity index (χ2n) is 6.51. The number of thiophene rings is 1. The van der Waals surface area contributed by atoms with Gasteiger partial charge in [0, 0.05) is 24.2 Å². The molecule has 1 aliphatic heterocycles. The number of urea groups is 1.